The zero-order chi connectivity index (χ0) is 17.0. The third-order valence-corrected chi connectivity index (χ3v) is 4.56. The molecule has 8 heteroatoms. The summed E-state index contributed by atoms with van der Waals surface area (Å²) in [6.07, 6.45) is 0. The molecule has 1 aromatic carbocycles. The van der Waals surface area contributed by atoms with Gasteiger partial charge in [0.2, 0.25) is 5.91 Å². The van der Waals surface area contributed by atoms with Crippen LogP contribution in [0.1, 0.15) is 18.5 Å². The first-order chi connectivity index (χ1) is 10.9. The van der Waals surface area contributed by atoms with Crippen LogP contribution in [0.3, 0.4) is 0 Å². The molecule has 23 heavy (non-hydrogen) atoms. The SMILES string of the molecule is C[C@@H](c1ccc(F)cc1)N(C)C(=O)NCCN1C(=O)CSC1=O. The highest BCUT2D eigenvalue weighted by molar-refractivity contribution is 8.14. The van der Waals surface area contributed by atoms with Gasteiger partial charge in [-0.15, -0.1) is 0 Å². The smallest absolute Gasteiger partial charge is 0.317 e. The van der Waals surface area contributed by atoms with Gasteiger partial charge in [0.05, 0.1) is 11.8 Å². The fraction of sp³-hybridized carbons (Fsp3) is 0.400. The minimum Gasteiger partial charge on any atom is -0.336 e. The zero-order valence-corrected chi connectivity index (χ0v) is 13.7. The Morgan fingerprint density at radius 1 is 1.39 bits per heavy atom. The first-order valence-corrected chi connectivity index (χ1v) is 8.12. The Hall–Kier alpha value is -2.09. The second-order valence-electron chi connectivity index (χ2n) is 5.17. The van der Waals surface area contributed by atoms with Gasteiger partial charge < -0.3 is 10.2 Å². The maximum atomic E-state index is 12.9. The quantitative estimate of drug-likeness (QED) is 0.893. The van der Waals surface area contributed by atoms with Crippen LogP contribution in [-0.4, -0.2) is 52.9 Å². The molecule has 1 aliphatic rings. The van der Waals surface area contributed by atoms with Crippen molar-refractivity contribution in [2.45, 2.75) is 13.0 Å². The number of urea groups is 1. The van der Waals surface area contributed by atoms with Gasteiger partial charge in [-0.3, -0.25) is 14.5 Å². The molecule has 0 radical (unpaired) electrons. The summed E-state index contributed by atoms with van der Waals surface area (Å²) in [6, 6.07) is 5.39. The Morgan fingerprint density at radius 2 is 2.04 bits per heavy atom. The number of carbonyl (C=O) groups is 3. The lowest BCUT2D eigenvalue weighted by Crippen LogP contribution is -2.43. The molecule has 4 amide bonds. The van der Waals surface area contributed by atoms with Crippen molar-refractivity contribution in [2.24, 2.45) is 0 Å². The van der Waals surface area contributed by atoms with E-state index in [2.05, 4.69) is 5.32 Å². The van der Waals surface area contributed by atoms with E-state index in [1.165, 1.54) is 17.0 Å². The van der Waals surface area contributed by atoms with Gasteiger partial charge in [-0.25, -0.2) is 9.18 Å². The highest BCUT2D eigenvalue weighted by atomic mass is 32.2. The predicted octanol–water partition coefficient (Wildman–Crippen LogP) is 2.22. The minimum atomic E-state index is -0.328. The molecule has 6 nitrogen and oxygen atoms in total. The summed E-state index contributed by atoms with van der Waals surface area (Å²) in [7, 11) is 1.63. The third-order valence-electron chi connectivity index (χ3n) is 3.71. The Bertz CT molecular complexity index is 592. The molecule has 0 unspecified atom stereocenters. The van der Waals surface area contributed by atoms with Crippen molar-refractivity contribution >= 4 is 28.9 Å². The normalized spacial score (nSPS) is 15.7. The lowest BCUT2D eigenvalue weighted by Gasteiger charge is -2.26. The summed E-state index contributed by atoms with van der Waals surface area (Å²) in [5.74, 6) is -0.401. The highest BCUT2D eigenvalue weighted by Gasteiger charge is 2.29. The van der Waals surface area contributed by atoms with Gasteiger partial charge in [0.15, 0.2) is 0 Å². The summed E-state index contributed by atoms with van der Waals surface area (Å²) in [5.41, 5.74) is 0.811. The highest BCUT2D eigenvalue weighted by Crippen LogP contribution is 2.19. The number of imide groups is 1. The minimum absolute atomic E-state index is 0.161. The second-order valence-corrected chi connectivity index (χ2v) is 6.10. The molecule has 1 fully saturated rings. The molecular formula is C15H18FN3O3S. The average Bonchev–Trinajstić information content (AvgIpc) is 2.86. The number of amides is 4. The van der Waals surface area contributed by atoms with Crippen molar-refractivity contribution in [3.8, 4) is 0 Å². The van der Waals surface area contributed by atoms with E-state index < -0.39 is 0 Å². The first kappa shape index (κ1) is 17.3. The first-order valence-electron chi connectivity index (χ1n) is 7.13. The number of carbonyl (C=O) groups excluding carboxylic acids is 3. The Balaban J connectivity index is 1.83. The van der Waals surface area contributed by atoms with E-state index in [1.807, 2.05) is 6.92 Å². The molecule has 1 N–H and O–H groups in total. The van der Waals surface area contributed by atoms with Crippen molar-refractivity contribution < 1.29 is 18.8 Å². The molecule has 1 aliphatic heterocycles. The summed E-state index contributed by atoms with van der Waals surface area (Å²) >= 11 is 0.966. The molecule has 0 spiro atoms. The van der Waals surface area contributed by atoms with E-state index in [0.717, 1.165) is 22.2 Å². The number of hydrogen-bond acceptors (Lipinski definition) is 4. The molecule has 1 saturated heterocycles. The summed E-state index contributed by atoms with van der Waals surface area (Å²) in [4.78, 5) is 37.6. The van der Waals surface area contributed by atoms with Gasteiger partial charge in [-0.05, 0) is 24.6 Å². The van der Waals surface area contributed by atoms with Gasteiger partial charge in [-0.1, -0.05) is 23.9 Å². The number of rotatable bonds is 5. The monoisotopic (exact) mass is 339 g/mol. The molecule has 0 saturated carbocycles. The molecule has 1 heterocycles. The van der Waals surface area contributed by atoms with Crippen LogP contribution in [0, 0.1) is 5.82 Å². The maximum Gasteiger partial charge on any atom is 0.317 e. The average molecular weight is 339 g/mol. The summed E-state index contributed by atoms with van der Waals surface area (Å²) in [5, 5.41) is 2.39. The molecule has 124 valence electrons. The Kier molecular flexibility index (Phi) is 5.59. The molecule has 1 atom stereocenters. The third kappa shape index (κ3) is 4.22. The second kappa shape index (κ2) is 7.45. The lowest BCUT2D eigenvalue weighted by molar-refractivity contribution is -0.124. The van der Waals surface area contributed by atoms with E-state index in [9.17, 15) is 18.8 Å². The van der Waals surface area contributed by atoms with Crippen molar-refractivity contribution in [2.75, 3.05) is 25.9 Å². The number of nitrogens with zero attached hydrogens (tertiary/aromatic N) is 2. The van der Waals surface area contributed by atoms with Gasteiger partial charge in [0, 0.05) is 20.1 Å². The van der Waals surface area contributed by atoms with Crippen LogP contribution in [0.4, 0.5) is 14.0 Å². The fourth-order valence-corrected chi connectivity index (χ4v) is 2.89. The molecule has 1 aromatic rings. The van der Waals surface area contributed by atoms with Crippen molar-refractivity contribution in [3.63, 3.8) is 0 Å². The van der Waals surface area contributed by atoms with Crippen molar-refractivity contribution in [1.82, 2.24) is 15.1 Å². The van der Waals surface area contributed by atoms with Crippen molar-refractivity contribution in [3.05, 3.63) is 35.6 Å². The summed E-state index contributed by atoms with van der Waals surface area (Å²) < 4.78 is 12.9. The van der Waals surface area contributed by atoms with Crippen LogP contribution in [0.15, 0.2) is 24.3 Å². The maximum absolute atomic E-state index is 12.9. The molecular weight excluding hydrogens is 321 g/mol. The van der Waals surface area contributed by atoms with Crippen LogP contribution >= 0.6 is 11.8 Å². The number of halogens is 1. The van der Waals surface area contributed by atoms with Crippen LogP contribution in [0.25, 0.3) is 0 Å². The molecule has 2 rings (SSSR count). The summed E-state index contributed by atoms with van der Waals surface area (Å²) in [6.45, 7) is 2.18. The standard InChI is InChI=1S/C15H18FN3O3S/c1-10(11-3-5-12(16)6-4-11)18(2)14(21)17-7-8-19-13(20)9-23-15(19)22/h3-6,10H,7-9H2,1-2H3,(H,17,21)/t10-/m0/s1. The van der Waals surface area contributed by atoms with Crippen LogP contribution < -0.4 is 5.32 Å². The van der Waals surface area contributed by atoms with Crippen LogP contribution in [-0.2, 0) is 4.79 Å². The predicted molar refractivity (Wildman–Crippen MR) is 85.5 cm³/mol. The Morgan fingerprint density at radius 3 is 2.61 bits per heavy atom. The van der Waals surface area contributed by atoms with E-state index in [1.54, 1.807) is 19.2 Å². The van der Waals surface area contributed by atoms with E-state index in [0.29, 0.717) is 0 Å². The fourth-order valence-electron chi connectivity index (χ4n) is 2.14. The molecule has 0 aliphatic carbocycles. The van der Waals surface area contributed by atoms with Gasteiger partial charge >= 0.3 is 6.03 Å². The van der Waals surface area contributed by atoms with Gasteiger partial charge in [0.1, 0.15) is 5.82 Å². The topological polar surface area (TPSA) is 69.7 Å². The number of benzene rings is 1. The number of nitrogens with one attached hydrogen (secondary N) is 1. The van der Waals surface area contributed by atoms with E-state index in [-0.39, 0.29) is 47.9 Å². The van der Waals surface area contributed by atoms with Gasteiger partial charge in [0.25, 0.3) is 5.24 Å². The Labute approximate surface area is 138 Å². The lowest BCUT2D eigenvalue weighted by atomic mass is 10.1. The van der Waals surface area contributed by atoms with Crippen molar-refractivity contribution in [1.29, 1.82) is 0 Å². The molecule has 0 aromatic heterocycles. The van der Waals surface area contributed by atoms with Crippen LogP contribution in [0.5, 0.6) is 0 Å². The van der Waals surface area contributed by atoms with E-state index in [4.69, 9.17) is 0 Å². The number of hydrogen-bond donors (Lipinski definition) is 1. The van der Waals surface area contributed by atoms with Crippen LogP contribution in [0.2, 0.25) is 0 Å². The van der Waals surface area contributed by atoms with E-state index >= 15 is 0 Å². The largest absolute Gasteiger partial charge is 0.336 e. The number of thioether (sulfide) groups is 1. The zero-order valence-electron chi connectivity index (χ0n) is 12.9. The molecule has 0 bridgehead atoms. The van der Waals surface area contributed by atoms with Gasteiger partial charge in [-0.2, -0.15) is 0 Å².